The van der Waals surface area contributed by atoms with Gasteiger partial charge < -0.3 is 14.2 Å². The number of hydrogen-bond donors (Lipinski definition) is 0. The molecular formula is C19H19FO4. The van der Waals surface area contributed by atoms with Crippen molar-refractivity contribution in [1.29, 1.82) is 0 Å². The highest BCUT2D eigenvalue weighted by atomic mass is 19.1. The van der Waals surface area contributed by atoms with E-state index in [1.807, 2.05) is 6.07 Å². The minimum atomic E-state index is -0.323. The quantitative estimate of drug-likeness (QED) is 0.760. The van der Waals surface area contributed by atoms with Crippen LogP contribution < -0.4 is 4.74 Å². The van der Waals surface area contributed by atoms with Crippen LogP contribution in [0.4, 0.5) is 4.39 Å². The van der Waals surface area contributed by atoms with Gasteiger partial charge in [-0.1, -0.05) is 12.1 Å². The van der Waals surface area contributed by atoms with E-state index in [-0.39, 0.29) is 17.9 Å². The molecule has 0 saturated heterocycles. The summed E-state index contributed by atoms with van der Waals surface area (Å²) in [5.74, 6) is 0.195. The Labute approximate surface area is 140 Å². The Balaban J connectivity index is 1.52. The molecule has 0 saturated carbocycles. The van der Waals surface area contributed by atoms with Crippen LogP contribution in [0, 0.1) is 5.82 Å². The molecular weight excluding hydrogens is 311 g/mol. The summed E-state index contributed by atoms with van der Waals surface area (Å²) in [5.41, 5.74) is 2.43. The number of ether oxygens (including phenoxy) is 3. The number of hydrogen-bond acceptors (Lipinski definition) is 4. The molecule has 3 rings (SSSR count). The molecule has 0 amide bonds. The van der Waals surface area contributed by atoms with Crippen molar-refractivity contribution in [3.8, 4) is 5.75 Å². The summed E-state index contributed by atoms with van der Waals surface area (Å²) in [5, 5.41) is 0. The van der Waals surface area contributed by atoms with Gasteiger partial charge in [0.2, 0.25) is 0 Å². The van der Waals surface area contributed by atoms with E-state index in [1.54, 1.807) is 31.2 Å². The third-order valence-corrected chi connectivity index (χ3v) is 3.80. The van der Waals surface area contributed by atoms with Gasteiger partial charge in [0.25, 0.3) is 0 Å². The van der Waals surface area contributed by atoms with Crippen molar-refractivity contribution in [2.75, 3.05) is 13.2 Å². The van der Waals surface area contributed by atoms with Crippen LogP contribution in [-0.4, -0.2) is 25.3 Å². The lowest BCUT2D eigenvalue weighted by Crippen LogP contribution is -2.20. The van der Waals surface area contributed by atoms with Crippen LogP contribution >= 0.6 is 0 Å². The molecule has 126 valence electrons. The molecule has 0 fully saturated rings. The monoisotopic (exact) mass is 330 g/mol. The van der Waals surface area contributed by atoms with E-state index in [2.05, 4.69) is 0 Å². The average molecular weight is 330 g/mol. The van der Waals surface area contributed by atoms with Gasteiger partial charge in [-0.15, -0.1) is 0 Å². The lowest BCUT2D eigenvalue weighted by molar-refractivity contribution is 0.0510. The number of halogens is 1. The summed E-state index contributed by atoms with van der Waals surface area (Å²) in [7, 11) is 0. The first-order valence-electron chi connectivity index (χ1n) is 7.94. The first kappa shape index (κ1) is 16.5. The van der Waals surface area contributed by atoms with Crippen LogP contribution in [0.3, 0.4) is 0 Å². The van der Waals surface area contributed by atoms with Gasteiger partial charge in [-0.3, -0.25) is 0 Å². The summed E-state index contributed by atoms with van der Waals surface area (Å²) in [4.78, 5) is 11.8. The van der Waals surface area contributed by atoms with Gasteiger partial charge in [-0.2, -0.15) is 0 Å². The van der Waals surface area contributed by atoms with Crippen LogP contribution in [0.25, 0.3) is 0 Å². The van der Waals surface area contributed by atoms with Gasteiger partial charge in [0.1, 0.15) is 17.7 Å². The first-order chi connectivity index (χ1) is 11.7. The van der Waals surface area contributed by atoms with Crippen LogP contribution in [0.5, 0.6) is 5.75 Å². The summed E-state index contributed by atoms with van der Waals surface area (Å²) in [6.07, 6.45) is 0.601. The second-order valence-electron chi connectivity index (χ2n) is 5.63. The Morgan fingerprint density at radius 2 is 2.04 bits per heavy atom. The number of carbonyl (C=O) groups excluding carboxylic acids is 1. The topological polar surface area (TPSA) is 44.8 Å². The zero-order valence-corrected chi connectivity index (χ0v) is 13.5. The molecule has 24 heavy (non-hydrogen) atoms. The second kappa shape index (κ2) is 7.45. The van der Waals surface area contributed by atoms with Gasteiger partial charge in [-0.25, -0.2) is 9.18 Å². The van der Waals surface area contributed by atoms with Gasteiger partial charge in [0, 0.05) is 6.42 Å². The number of rotatable bonds is 6. The standard InChI is InChI=1S/C19H19FO4/c1-2-23-19(21)14-5-8-18-15(9-14)10-17(24-18)12-22-11-13-3-6-16(20)7-4-13/h3-9,17H,2,10-12H2,1H3. The van der Waals surface area contributed by atoms with Crippen LogP contribution in [0.15, 0.2) is 42.5 Å². The molecule has 1 atom stereocenters. The highest BCUT2D eigenvalue weighted by Crippen LogP contribution is 2.30. The number of carbonyl (C=O) groups is 1. The zero-order valence-electron chi connectivity index (χ0n) is 13.5. The molecule has 2 aromatic rings. The maximum absolute atomic E-state index is 12.9. The average Bonchev–Trinajstić information content (AvgIpc) is 2.98. The predicted octanol–water partition coefficient (Wildman–Crippen LogP) is 3.52. The molecule has 0 aromatic heterocycles. The van der Waals surface area contributed by atoms with Crippen LogP contribution in [0.2, 0.25) is 0 Å². The maximum atomic E-state index is 12.9. The largest absolute Gasteiger partial charge is 0.487 e. The van der Waals surface area contributed by atoms with Crippen LogP contribution in [0.1, 0.15) is 28.4 Å². The van der Waals surface area contributed by atoms with E-state index < -0.39 is 0 Å². The predicted molar refractivity (Wildman–Crippen MR) is 86.6 cm³/mol. The van der Waals surface area contributed by atoms with Crippen molar-refractivity contribution in [2.24, 2.45) is 0 Å². The normalized spacial score (nSPS) is 15.7. The highest BCUT2D eigenvalue weighted by molar-refractivity contribution is 5.89. The molecule has 5 heteroatoms. The van der Waals surface area contributed by atoms with Gasteiger partial charge in [0.15, 0.2) is 0 Å². The molecule has 1 unspecified atom stereocenters. The van der Waals surface area contributed by atoms with E-state index in [9.17, 15) is 9.18 Å². The minimum absolute atomic E-state index is 0.0853. The molecule has 0 N–H and O–H groups in total. The Bertz CT molecular complexity index is 712. The van der Waals surface area contributed by atoms with Crippen molar-refractivity contribution in [1.82, 2.24) is 0 Å². The Hall–Kier alpha value is -2.40. The van der Waals surface area contributed by atoms with E-state index >= 15 is 0 Å². The van der Waals surface area contributed by atoms with Crippen molar-refractivity contribution in [3.63, 3.8) is 0 Å². The van der Waals surface area contributed by atoms with E-state index in [0.717, 1.165) is 16.9 Å². The fourth-order valence-corrected chi connectivity index (χ4v) is 2.64. The molecule has 0 spiro atoms. The summed E-state index contributed by atoms with van der Waals surface area (Å²) >= 11 is 0. The molecule has 0 aliphatic carbocycles. The summed E-state index contributed by atoms with van der Waals surface area (Å²) < 4.78 is 29.3. The second-order valence-corrected chi connectivity index (χ2v) is 5.63. The lowest BCUT2D eigenvalue weighted by Gasteiger charge is -2.11. The maximum Gasteiger partial charge on any atom is 0.338 e. The van der Waals surface area contributed by atoms with E-state index in [1.165, 1.54) is 12.1 Å². The van der Waals surface area contributed by atoms with Gasteiger partial charge in [-0.05, 0) is 48.4 Å². The third kappa shape index (κ3) is 3.92. The number of esters is 1. The first-order valence-corrected chi connectivity index (χ1v) is 7.94. The van der Waals surface area contributed by atoms with Crippen molar-refractivity contribution < 1.29 is 23.4 Å². The smallest absolute Gasteiger partial charge is 0.338 e. The highest BCUT2D eigenvalue weighted by Gasteiger charge is 2.24. The Morgan fingerprint density at radius 1 is 1.25 bits per heavy atom. The fourth-order valence-electron chi connectivity index (χ4n) is 2.64. The molecule has 1 aliphatic rings. The number of benzene rings is 2. The Morgan fingerprint density at radius 3 is 2.79 bits per heavy atom. The minimum Gasteiger partial charge on any atom is -0.487 e. The van der Waals surface area contributed by atoms with Crippen molar-refractivity contribution in [2.45, 2.75) is 26.1 Å². The molecule has 4 nitrogen and oxygen atoms in total. The SMILES string of the molecule is CCOC(=O)c1ccc2c(c1)CC(COCc1ccc(F)cc1)O2. The summed E-state index contributed by atoms with van der Waals surface area (Å²) in [6, 6.07) is 11.5. The molecule has 0 bridgehead atoms. The van der Waals surface area contributed by atoms with E-state index in [0.29, 0.717) is 31.8 Å². The Kier molecular flexibility index (Phi) is 5.11. The van der Waals surface area contributed by atoms with E-state index in [4.69, 9.17) is 14.2 Å². The molecule has 1 aliphatic heterocycles. The molecule has 1 heterocycles. The third-order valence-electron chi connectivity index (χ3n) is 3.80. The fraction of sp³-hybridized carbons (Fsp3) is 0.316. The lowest BCUT2D eigenvalue weighted by atomic mass is 10.1. The van der Waals surface area contributed by atoms with Crippen LogP contribution in [-0.2, 0) is 22.5 Å². The molecule has 0 radical (unpaired) electrons. The zero-order chi connectivity index (χ0) is 16.9. The van der Waals surface area contributed by atoms with Crippen molar-refractivity contribution in [3.05, 3.63) is 65.0 Å². The summed E-state index contributed by atoms with van der Waals surface area (Å²) in [6.45, 7) is 2.97. The van der Waals surface area contributed by atoms with Gasteiger partial charge >= 0.3 is 5.97 Å². The van der Waals surface area contributed by atoms with Gasteiger partial charge in [0.05, 0.1) is 25.4 Å². The molecule has 2 aromatic carbocycles. The van der Waals surface area contributed by atoms with Crippen molar-refractivity contribution >= 4 is 5.97 Å². The number of fused-ring (bicyclic) bond motifs is 1.